The Morgan fingerprint density at radius 2 is 2.30 bits per heavy atom. The van der Waals surface area contributed by atoms with E-state index in [1.165, 1.54) is 0 Å². The molecular weight excluding hydrogens is 256 g/mol. The van der Waals surface area contributed by atoms with Crippen LogP contribution < -0.4 is 5.32 Å². The molecule has 1 aliphatic heterocycles. The third-order valence-electron chi connectivity index (χ3n) is 4.28. The Bertz CT molecular complexity index is 440. The molecule has 3 rings (SSSR count). The van der Waals surface area contributed by atoms with Crippen molar-refractivity contribution in [3.05, 3.63) is 24.2 Å². The molecule has 0 radical (unpaired) electrons. The fourth-order valence-corrected chi connectivity index (χ4v) is 2.83. The molecular formula is C15H22N2O3. The molecule has 1 amide bonds. The Morgan fingerprint density at radius 1 is 1.50 bits per heavy atom. The molecule has 1 saturated heterocycles. The second kappa shape index (κ2) is 5.97. The molecule has 5 nitrogen and oxygen atoms in total. The lowest BCUT2D eigenvalue weighted by Crippen LogP contribution is -2.47. The summed E-state index contributed by atoms with van der Waals surface area (Å²) in [6.07, 6.45) is 2.58. The van der Waals surface area contributed by atoms with Crippen LogP contribution in [0.15, 0.2) is 22.8 Å². The van der Waals surface area contributed by atoms with Crippen LogP contribution in [-0.4, -0.2) is 49.7 Å². The van der Waals surface area contributed by atoms with E-state index in [0.717, 1.165) is 38.5 Å². The van der Waals surface area contributed by atoms with Crippen LogP contribution in [0.3, 0.4) is 0 Å². The first kappa shape index (κ1) is 13.6. The zero-order valence-electron chi connectivity index (χ0n) is 11.9. The number of nitrogens with zero attached hydrogens (tertiary/aromatic N) is 1. The Labute approximate surface area is 119 Å². The van der Waals surface area contributed by atoms with Crippen LogP contribution in [0.4, 0.5) is 0 Å². The van der Waals surface area contributed by atoms with Crippen LogP contribution in [-0.2, 0) is 9.53 Å². The van der Waals surface area contributed by atoms with Gasteiger partial charge in [-0.25, -0.2) is 0 Å². The molecule has 1 aliphatic carbocycles. The summed E-state index contributed by atoms with van der Waals surface area (Å²) < 4.78 is 10.7. The monoisotopic (exact) mass is 278 g/mol. The first-order valence-electron chi connectivity index (χ1n) is 7.38. The Morgan fingerprint density at radius 3 is 3.00 bits per heavy atom. The molecule has 1 aromatic heterocycles. The van der Waals surface area contributed by atoms with Gasteiger partial charge in [-0.2, -0.15) is 0 Å². The van der Waals surface area contributed by atoms with Gasteiger partial charge < -0.3 is 14.5 Å². The number of hydrogen-bond acceptors (Lipinski definition) is 4. The average molecular weight is 278 g/mol. The van der Waals surface area contributed by atoms with Gasteiger partial charge in [-0.05, 0) is 25.5 Å². The molecule has 5 heteroatoms. The number of hydrogen-bond donors (Lipinski definition) is 1. The quantitative estimate of drug-likeness (QED) is 0.880. The molecule has 2 fully saturated rings. The standard InChI is InChI=1S/C15H22N2O3/c1-11(17-4-7-19-8-5-17)10-16-15(18)13-9-12(13)14-3-2-6-20-14/h2-3,6,11-13H,4-5,7-10H2,1H3,(H,16,18). The van der Waals surface area contributed by atoms with Gasteiger partial charge in [0.1, 0.15) is 5.76 Å². The maximum Gasteiger partial charge on any atom is 0.223 e. The third-order valence-corrected chi connectivity index (χ3v) is 4.28. The zero-order valence-corrected chi connectivity index (χ0v) is 11.9. The highest BCUT2D eigenvalue weighted by Gasteiger charge is 2.45. The van der Waals surface area contributed by atoms with Crippen molar-refractivity contribution in [2.75, 3.05) is 32.8 Å². The molecule has 20 heavy (non-hydrogen) atoms. The van der Waals surface area contributed by atoms with Gasteiger partial charge in [0, 0.05) is 37.5 Å². The minimum absolute atomic E-state index is 0.0954. The maximum atomic E-state index is 12.1. The van der Waals surface area contributed by atoms with Gasteiger partial charge in [0.05, 0.1) is 19.5 Å². The predicted octanol–water partition coefficient (Wildman–Crippen LogP) is 1.22. The summed E-state index contributed by atoms with van der Waals surface area (Å²) in [7, 11) is 0. The summed E-state index contributed by atoms with van der Waals surface area (Å²) in [5, 5.41) is 3.07. The van der Waals surface area contributed by atoms with Crippen molar-refractivity contribution in [1.82, 2.24) is 10.2 Å². The van der Waals surface area contributed by atoms with Crippen molar-refractivity contribution in [1.29, 1.82) is 0 Å². The second-order valence-electron chi connectivity index (χ2n) is 5.71. The van der Waals surface area contributed by atoms with Crippen LogP contribution >= 0.6 is 0 Å². The summed E-state index contributed by atoms with van der Waals surface area (Å²) in [6.45, 7) is 6.36. The number of carbonyl (C=O) groups is 1. The number of furan rings is 1. The number of ether oxygens (including phenoxy) is 1. The number of rotatable bonds is 5. The Kier molecular flexibility index (Phi) is 4.08. The van der Waals surface area contributed by atoms with Gasteiger partial charge in [-0.1, -0.05) is 0 Å². The number of amides is 1. The maximum absolute atomic E-state index is 12.1. The van der Waals surface area contributed by atoms with Crippen LogP contribution in [0.1, 0.15) is 25.0 Å². The molecule has 3 unspecified atom stereocenters. The summed E-state index contributed by atoms with van der Waals surface area (Å²) in [6, 6.07) is 4.20. The normalized spacial score (nSPS) is 28.1. The van der Waals surface area contributed by atoms with Crippen molar-refractivity contribution < 1.29 is 13.9 Å². The molecule has 0 spiro atoms. The molecule has 0 aromatic carbocycles. The minimum Gasteiger partial charge on any atom is -0.469 e. The van der Waals surface area contributed by atoms with Crippen molar-refractivity contribution >= 4 is 5.91 Å². The van der Waals surface area contributed by atoms with Crippen molar-refractivity contribution in [2.45, 2.75) is 25.3 Å². The number of carbonyl (C=O) groups excluding carboxylic acids is 1. The highest BCUT2D eigenvalue weighted by molar-refractivity contribution is 5.82. The first-order chi connectivity index (χ1) is 9.75. The van der Waals surface area contributed by atoms with Crippen LogP contribution in [0.25, 0.3) is 0 Å². The molecule has 1 saturated carbocycles. The summed E-state index contributed by atoms with van der Waals surface area (Å²) in [4.78, 5) is 14.5. The smallest absolute Gasteiger partial charge is 0.223 e. The number of nitrogens with one attached hydrogen (secondary N) is 1. The second-order valence-corrected chi connectivity index (χ2v) is 5.71. The van der Waals surface area contributed by atoms with Gasteiger partial charge in [-0.15, -0.1) is 0 Å². The van der Waals surface area contributed by atoms with Gasteiger partial charge in [-0.3, -0.25) is 9.69 Å². The van der Waals surface area contributed by atoms with E-state index in [9.17, 15) is 4.79 Å². The Hall–Kier alpha value is -1.33. The van der Waals surface area contributed by atoms with Crippen molar-refractivity contribution in [3.8, 4) is 0 Å². The predicted molar refractivity (Wildman–Crippen MR) is 74.4 cm³/mol. The summed E-state index contributed by atoms with van der Waals surface area (Å²) >= 11 is 0. The SMILES string of the molecule is CC(CNC(=O)C1CC1c1ccco1)N1CCOCC1. The van der Waals surface area contributed by atoms with Gasteiger partial charge in [0.25, 0.3) is 0 Å². The molecule has 1 N–H and O–H groups in total. The molecule has 0 bridgehead atoms. The average Bonchev–Trinajstić information content (AvgIpc) is 3.11. The molecule has 2 heterocycles. The lowest BCUT2D eigenvalue weighted by molar-refractivity contribution is -0.122. The van der Waals surface area contributed by atoms with E-state index in [1.54, 1.807) is 6.26 Å². The van der Waals surface area contributed by atoms with E-state index >= 15 is 0 Å². The highest BCUT2D eigenvalue weighted by atomic mass is 16.5. The van der Waals surface area contributed by atoms with Gasteiger partial charge >= 0.3 is 0 Å². The van der Waals surface area contributed by atoms with Crippen molar-refractivity contribution in [3.63, 3.8) is 0 Å². The summed E-state index contributed by atoms with van der Waals surface area (Å²) in [5.74, 6) is 1.47. The van der Waals surface area contributed by atoms with Gasteiger partial charge in [0.2, 0.25) is 5.91 Å². The van der Waals surface area contributed by atoms with E-state index in [4.69, 9.17) is 9.15 Å². The van der Waals surface area contributed by atoms with E-state index in [2.05, 4.69) is 17.1 Å². The fourth-order valence-electron chi connectivity index (χ4n) is 2.83. The van der Waals surface area contributed by atoms with E-state index in [-0.39, 0.29) is 17.7 Å². The molecule has 3 atom stereocenters. The van der Waals surface area contributed by atoms with Gasteiger partial charge in [0.15, 0.2) is 0 Å². The molecule has 2 aliphatic rings. The van der Waals surface area contributed by atoms with Crippen LogP contribution in [0, 0.1) is 5.92 Å². The Balaban J connectivity index is 1.41. The third kappa shape index (κ3) is 3.04. The number of morpholine rings is 1. The first-order valence-corrected chi connectivity index (χ1v) is 7.38. The topological polar surface area (TPSA) is 54.7 Å². The lowest BCUT2D eigenvalue weighted by atomic mass is 10.2. The van der Waals surface area contributed by atoms with E-state index in [1.807, 2.05) is 12.1 Å². The van der Waals surface area contributed by atoms with E-state index < -0.39 is 0 Å². The summed E-state index contributed by atoms with van der Waals surface area (Å²) in [5.41, 5.74) is 0. The van der Waals surface area contributed by atoms with Crippen LogP contribution in [0.5, 0.6) is 0 Å². The fraction of sp³-hybridized carbons (Fsp3) is 0.667. The molecule has 110 valence electrons. The minimum atomic E-state index is 0.0954. The van der Waals surface area contributed by atoms with E-state index in [0.29, 0.717) is 12.6 Å². The lowest BCUT2D eigenvalue weighted by Gasteiger charge is -2.32. The van der Waals surface area contributed by atoms with Crippen LogP contribution in [0.2, 0.25) is 0 Å². The largest absolute Gasteiger partial charge is 0.469 e. The molecule has 1 aromatic rings. The highest BCUT2D eigenvalue weighted by Crippen LogP contribution is 2.47. The van der Waals surface area contributed by atoms with Crippen molar-refractivity contribution in [2.24, 2.45) is 5.92 Å². The zero-order chi connectivity index (χ0) is 13.9.